The van der Waals surface area contributed by atoms with Crippen LogP contribution in [0.1, 0.15) is 43.3 Å². The third-order valence-corrected chi connectivity index (χ3v) is 5.73. The molecule has 0 saturated heterocycles. The topological polar surface area (TPSA) is 54.2 Å². The van der Waals surface area contributed by atoms with Gasteiger partial charge in [-0.25, -0.2) is 0 Å². The number of halogens is 1. The summed E-state index contributed by atoms with van der Waals surface area (Å²) in [5, 5.41) is 9.04. The second kappa shape index (κ2) is 8.58. The van der Waals surface area contributed by atoms with Crippen LogP contribution in [0, 0.1) is 6.92 Å². The van der Waals surface area contributed by atoms with Crippen LogP contribution in [-0.2, 0) is 0 Å². The number of rotatable bonds is 5. The van der Waals surface area contributed by atoms with E-state index < -0.39 is 0 Å². The Labute approximate surface area is 186 Å². The summed E-state index contributed by atoms with van der Waals surface area (Å²) >= 11 is 11.9. The van der Waals surface area contributed by atoms with Crippen molar-refractivity contribution in [2.75, 3.05) is 6.54 Å². The van der Waals surface area contributed by atoms with Gasteiger partial charge in [0.05, 0.1) is 11.6 Å². The zero-order chi connectivity index (χ0) is 21.3. The van der Waals surface area contributed by atoms with Crippen LogP contribution in [0.2, 0.25) is 5.02 Å². The summed E-state index contributed by atoms with van der Waals surface area (Å²) in [4.78, 5) is 6.82. The van der Waals surface area contributed by atoms with Crippen molar-refractivity contribution < 1.29 is 4.52 Å². The van der Waals surface area contributed by atoms with Crippen LogP contribution in [0.3, 0.4) is 0 Å². The lowest BCUT2D eigenvalue weighted by Crippen LogP contribution is -2.46. The van der Waals surface area contributed by atoms with E-state index in [1.165, 1.54) is 0 Å². The first-order valence-corrected chi connectivity index (χ1v) is 10.7. The van der Waals surface area contributed by atoms with Crippen LogP contribution >= 0.6 is 23.8 Å². The molecule has 4 rings (SSSR count). The Hall–Kier alpha value is -2.70. The van der Waals surface area contributed by atoms with Gasteiger partial charge in [0.2, 0.25) is 5.82 Å². The minimum atomic E-state index is -0.227. The lowest BCUT2D eigenvalue weighted by Gasteiger charge is -2.37. The molecule has 2 heterocycles. The van der Waals surface area contributed by atoms with Crippen LogP contribution in [0.5, 0.6) is 0 Å². The molecule has 0 spiro atoms. The van der Waals surface area contributed by atoms with Crippen LogP contribution < -0.4 is 5.32 Å². The van der Waals surface area contributed by atoms with Crippen molar-refractivity contribution in [3.63, 3.8) is 0 Å². The van der Waals surface area contributed by atoms with Crippen molar-refractivity contribution in [1.82, 2.24) is 20.4 Å². The molecule has 1 N–H and O–H groups in total. The van der Waals surface area contributed by atoms with Crippen LogP contribution in [-0.4, -0.2) is 26.7 Å². The van der Waals surface area contributed by atoms with Crippen molar-refractivity contribution >= 4 is 34.5 Å². The summed E-state index contributed by atoms with van der Waals surface area (Å²) in [5.74, 6) is 1.04. The maximum Gasteiger partial charge on any atom is 0.258 e. The molecule has 5 nitrogen and oxygen atoms in total. The van der Waals surface area contributed by atoms with E-state index in [2.05, 4.69) is 22.3 Å². The van der Waals surface area contributed by atoms with E-state index in [0.29, 0.717) is 21.9 Å². The maximum atomic E-state index is 6.27. The highest BCUT2D eigenvalue weighted by Gasteiger charge is 2.33. The smallest absolute Gasteiger partial charge is 0.258 e. The van der Waals surface area contributed by atoms with Gasteiger partial charge in [-0.15, -0.1) is 0 Å². The van der Waals surface area contributed by atoms with Crippen molar-refractivity contribution in [2.45, 2.75) is 33.2 Å². The number of nitrogens with one attached hydrogen (secondary N) is 1. The summed E-state index contributed by atoms with van der Waals surface area (Å²) in [5.41, 5.74) is 4.97. The molecule has 2 aromatic carbocycles. The van der Waals surface area contributed by atoms with Crippen molar-refractivity contribution in [1.29, 1.82) is 0 Å². The standard InChI is InChI=1S/C23H23ClN4OS/c1-4-11-28-15(3)19(20(25-23(28)30)16-8-6-10-18(24)13-16)22-26-21(27-29-22)17-9-5-7-14(2)12-17/h5-10,12-13,20H,4,11H2,1-3H3,(H,25,30). The lowest BCUT2D eigenvalue weighted by atomic mass is 9.95. The Morgan fingerprint density at radius 2 is 1.97 bits per heavy atom. The molecular weight excluding hydrogens is 416 g/mol. The molecule has 1 atom stereocenters. The number of aryl methyl sites for hydroxylation is 1. The SMILES string of the molecule is CCCN1C(=S)NC(c2cccc(Cl)c2)C(c2nc(-c3cccc(C)c3)no2)=C1C. The Balaban J connectivity index is 1.82. The first-order chi connectivity index (χ1) is 14.5. The van der Waals surface area contributed by atoms with E-state index >= 15 is 0 Å². The fourth-order valence-corrected chi connectivity index (χ4v) is 4.27. The molecule has 0 saturated carbocycles. The van der Waals surface area contributed by atoms with Gasteiger partial charge in [-0.05, 0) is 56.2 Å². The van der Waals surface area contributed by atoms with Gasteiger partial charge in [0.15, 0.2) is 5.11 Å². The first kappa shape index (κ1) is 20.6. The highest BCUT2D eigenvalue weighted by atomic mass is 35.5. The summed E-state index contributed by atoms with van der Waals surface area (Å²) in [6.45, 7) is 7.02. The van der Waals surface area contributed by atoms with Crippen LogP contribution in [0.15, 0.2) is 58.8 Å². The average molecular weight is 439 g/mol. The predicted octanol–water partition coefficient (Wildman–Crippen LogP) is 5.77. The minimum absolute atomic E-state index is 0.227. The quantitative estimate of drug-likeness (QED) is 0.510. The third-order valence-electron chi connectivity index (χ3n) is 5.16. The molecular formula is C23H23ClN4OS. The molecule has 3 aromatic rings. The summed E-state index contributed by atoms with van der Waals surface area (Å²) in [6.07, 6.45) is 0.965. The van der Waals surface area contributed by atoms with Gasteiger partial charge in [-0.3, -0.25) is 0 Å². The molecule has 1 aromatic heterocycles. The molecule has 1 aliphatic rings. The molecule has 0 radical (unpaired) electrons. The largest absolute Gasteiger partial charge is 0.351 e. The number of thiocarbonyl (C=S) groups is 1. The Morgan fingerprint density at radius 3 is 2.70 bits per heavy atom. The fourth-order valence-electron chi connectivity index (χ4n) is 3.72. The summed E-state index contributed by atoms with van der Waals surface area (Å²) in [7, 11) is 0. The highest BCUT2D eigenvalue weighted by molar-refractivity contribution is 7.80. The monoisotopic (exact) mass is 438 g/mol. The number of aromatic nitrogens is 2. The number of hydrogen-bond donors (Lipinski definition) is 1. The molecule has 1 unspecified atom stereocenters. The van der Waals surface area contributed by atoms with Gasteiger partial charge < -0.3 is 14.7 Å². The minimum Gasteiger partial charge on any atom is -0.351 e. The Morgan fingerprint density at radius 1 is 1.17 bits per heavy atom. The zero-order valence-corrected chi connectivity index (χ0v) is 18.7. The molecule has 0 bridgehead atoms. The Bertz CT molecular complexity index is 1120. The van der Waals surface area contributed by atoms with Gasteiger partial charge >= 0.3 is 0 Å². The van der Waals surface area contributed by atoms with Gasteiger partial charge in [0, 0.05) is 22.8 Å². The summed E-state index contributed by atoms with van der Waals surface area (Å²) < 4.78 is 5.75. The van der Waals surface area contributed by atoms with Crippen LogP contribution in [0.4, 0.5) is 0 Å². The predicted molar refractivity (Wildman–Crippen MR) is 124 cm³/mol. The molecule has 0 amide bonds. The molecule has 7 heteroatoms. The number of benzene rings is 2. The molecule has 30 heavy (non-hydrogen) atoms. The summed E-state index contributed by atoms with van der Waals surface area (Å²) in [6, 6.07) is 15.6. The van der Waals surface area contributed by atoms with Crippen molar-refractivity contribution in [2.24, 2.45) is 0 Å². The molecule has 154 valence electrons. The number of allylic oxidation sites excluding steroid dienone is 1. The van der Waals surface area contributed by atoms with E-state index in [-0.39, 0.29) is 6.04 Å². The van der Waals surface area contributed by atoms with E-state index in [1.54, 1.807) is 0 Å². The maximum absolute atomic E-state index is 6.27. The van der Waals surface area contributed by atoms with Gasteiger partial charge in [0.25, 0.3) is 5.89 Å². The Kier molecular flexibility index (Phi) is 5.88. The van der Waals surface area contributed by atoms with E-state index in [4.69, 9.17) is 33.3 Å². The second-order valence-corrected chi connectivity index (χ2v) is 8.20. The van der Waals surface area contributed by atoms with Gasteiger partial charge in [0.1, 0.15) is 0 Å². The van der Waals surface area contributed by atoms with E-state index in [9.17, 15) is 0 Å². The first-order valence-electron chi connectivity index (χ1n) is 9.93. The number of hydrogen-bond acceptors (Lipinski definition) is 4. The normalized spacial score (nSPS) is 16.7. The number of nitrogens with zero attached hydrogens (tertiary/aromatic N) is 3. The van der Waals surface area contributed by atoms with Crippen molar-refractivity contribution in [3.05, 3.63) is 76.3 Å². The highest BCUT2D eigenvalue weighted by Crippen LogP contribution is 2.38. The van der Waals surface area contributed by atoms with E-state index in [0.717, 1.165) is 40.9 Å². The van der Waals surface area contributed by atoms with Crippen molar-refractivity contribution in [3.8, 4) is 11.4 Å². The van der Waals surface area contributed by atoms with Gasteiger partial charge in [-0.1, -0.05) is 59.6 Å². The zero-order valence-electron chi connectivity index (χ0n) is 17.1. The van der Waals surface area contributed by atoms with Gasteiger partial charge in [-0.2, -0.15) is 4.98 Å². The van der Waals surface area contributed by atoms with E-state index in [1.807, 2.05) is 62.4 Å². The molecule has 0 fully saturated rings. The fraction of sp³-hybridized carbons (Fsp3) is 0.261. The molecule has 1 aliphatic heterocycles. The van der Waals surface area contributed by atoms with Crippen LogP contribution in [0.25, 0.3) is 17.0 Å². The third kappa shape index (κ3) is 3.98. The molecule has 0 aliphatic carbocycles. The average Bonchev–Trinajstić information content (AvgIpc) is 3.20. The second-order valence-electron chi connectivity index (χ2n) is 7.38. The lowest BCUT2D eigenvalue weighted by molar-refractivity contribution is 0.396.